The lowest BCUT2D eigenvalue weighted by atomic mass is 10.0. The third-order valence-corrected chi connectivity index (χ3v) is 7.14. The molecule has 9 heteroatoms. The number of aryl methyl sites for hydroxylation is 1. The third-order valence-electron chi connectivity index (χ3n) is 7.14. The van der Waals surface area contributed by atoms with Crippen molar-refractivity contribution in [2.75, 3.05) is 18.0 Å². The fourth-order valence-corrected chi connectivity index (χ4v) is 4.90. The van der Waals surface area contributed by atoms with Crippen LogP contribution in [0.5, 0.6) is 0 Å². The van der Waals surface area contributed by atoms with E-state index in [4.69, 9.17) is 4.74 Å². The monoisotopic (exact) mass is 491 g/mol. The first-order valence-electron chi connectivity index (χ1n) is 12.2. The minimum absolute atomic E-state index is 0.0793. The predicted molar refractivity (Wildman–Crippen MR) is 132 cm³/mol. The van der Waals surface area contributed by atoms with E-state index >= 15 is 0 Å². The van der Waals surface area contributed by atoms with Crippen molar-refractivity contribution in [3.05, 3.63) is 81.7 Å². The number of hydrogen-bond acceptors (Lipinski definition) is 5. The average molecular weight is 492 g/mol. The van der Waals surface area contributed by atoms with Crippen molar-refractivity contribution in [2.24, 2.45) is 0 Å². The summed E-state index contributed by atoms with van der Waals surface area (Å²) in [6, 6.07) is 5.76. The number of nitrogens with zero attached hydrogens (tertiary/aromatic N) is 5. The Bertz CT molecular complexity index is 1540. The van der Waals surface area contributed by atoms with E-state index in [1.807, 2.05) is 23.9 Å². The fourth-order valence-electron chi connectivity index (χ4n) is 4.90. The van der Waals surface area contributed by atoms with E-state index in [1.165, 1.54) is 16.5 Å². The maximum Gasteiger partial charge on any atom is 0.261 e. The zero-order chi connectivity index (χ0) is 25.1. The molecule has 0 bridgehead atoms. The number of hydrogen-bond donors (Lipinski definition) is 0. The molecule has 2 aliphatic rings. The fraction of sp³-hybridized carbons (Fsp3) is 0.370. The zero-order valence-electron chi connectivity index (χ0n) is 20.4. The maximum atomic E-state index is 14.9. The maximum absolute atomic E-state index is 14.9. The molecule has 0 radical (unpaired) electrons. The van der Waals surface area contributed by atoms with E-state index in [2.05, 4.69) is 21.2 Å². The molecule has 7 nitrogen and oxygen atoms in total. The molecule has 0 amide bonds. The van der Waals surface area contributed by atoms with Gasteiger partial charge in [0.25, 0.3) is 5.56 Å². The lowest BCUT2D eigenvalue weighted by molar-refractivity contribution is -0.0174. The highest BCUT2D eigenvalue weighted by Gasteiger charge is 2.31. The molecule has 1 aliphatic heterocycles. The Labute approximate surface area is 207 Å². The Balaban J connectivity index is 1.47. The van der Waals surface area contributed by atoms with E-state index < -0.39 is 11.6 Å². The lowest BCUT2D eigenvalue weighted by Gasteiger charge is -2.38. The highest BCUT2D eigenvalue weighted by atomic mass is 19.1. The summed E-state index contributed by atoms with van der Waals surface area (Å²) in [7, 11) is 0. The molecule has 2 atom stereocenters. The van der Waals surface area contributed by atoms with Crippen LogP contribution in [0.15, 0.2) is 47.7 Å². The molecular formula is C27H27F2N5O2. The molecule has 2 unspecified atom stereocenters. The molecule has 1 aromatic carbocycles. The number of aromatic nitrogens is 4. The molecule has 1 saturated heterocycles. The highest BCUT2D eigenvalue weighted by Crippen LogP contribution is 2.37. The van der Waals surface area contributed by atoms with Gasteiger partial charge in [0.2, 0.25) is 0 Å². The number of halogens is 2. The van der Waals surface area contributed by atoms with Gasteiger partial charge in [0, 0.05) is 59.5 Å². The number of pyridine rings is 1. The molecule has 1 saturated carbocycles. The first-order chi connectivity index (χ1) is 17.3. The first-order valence-corrected chi connectivity index (χ1v) is 12.2. The number of anilines is 1. The second-order valence-electron chi connectivity index (χ2n) is 9.88. The van der Waals surface area contributed by atoms with Gasteiger partial charge in [0.1, 0.15) is 23.4 Å². The van der Waals surface area contributed by atoms with E-state index in [1.54, 1.807) is 20.0 Å². The van der Waals surface area contributed by atoms with Crippen LogP contribution in [-0.2, 0) is 4.74 Å². The van der Waals surface area contributed by atoms with Crippen LogP contribution in [0.4, 0.5) is 14.5 Å². The predicted octanol–water partition coefficient (Wildman–Crippen LogP) is 4.75. The summed E-state index contributed by atoms with van der Waals surface area (Å²) in [6.45, 7) is 6.63. The van der Waals surface area contributed by atoms with Gasteiger partial charge in [0.15, 0.2) is 0 Å². The molecule has 186 valence electrons. The molecule has 2 fully saturated rings. The van der Waals surface area contributed by atoms with Crippen LogP contribution in [0, 0.1) is 25.5 Å². The smallest absolute Gasteiger partial charge is 0.261 e. The van der Waals surface area contributed by atoms with Crippen LogP contribution in [-0.4, -0.2) is 38.4 Å². The number of morpholine rings is 1. The Kier molecular flexibility index (Phi) is 5.40. The van der Waals surface area contributed by atoms with Crippen LogP contribution in [0.25, 0.3) is 16.8 Å². The lowest BCUT2D eigenvalue weighted by Crippen LogP contribution is -2.43. The molecule has 6 rings (SSSR count). The largest absolute Gasteiger partial charge is 0.367 e. The summed E-state index contributed by atoms with van der Waals surface area (Å²) in [5.74, 6) is -1.37. The highest BCUT2D eigenvalue weighted by molar-refractivity contribution is 5.81. The zero-order valence-corrected chi connectivity index (χ0v) is 20.4. The van der Waals surface area contributed by atoms with E-state index in [0.29, 0.717) is 41.6 Å². The average Bonchev–Trinajstić information content (AvgIpc) is 3.58. The van der Waals surface area contributed by atoms with E-state index in [-0.39, 0.29) is 23.3 Å². The molecule has 4 heterocycles. The van der Waals surface area contributed by atoms with Crippen molar-refractivity contribution in [1.82, 2.24) is 19.2 Å². The van der Waals surface area contributed by atoms with Gasteiger partial charge in [-0.15, -0.1) is 0 Å². The van der Waals surface area contributed by atoms with E-state index in [0.717, 1.165) is 30.2 Å². The summed E-state index contributed by atoms with van der Waals surface area (Å²) >= 11 is 0. The third kappa shape index (κ3) is 3.97. The summed E-state index contributed by atoms with van der Waals surface area (Å²) in [6.07, 6.45) is 7.69. The molecular weight excluding hydrogens is 464 g/mol. The Morgan fingerprint density at radius 2 is 1.86 bits per heavy atom. The molecule has 36 heavy (non-hydrogen) atoms. The van der Waals surface area contributed by atoms with Gasteiger partial charge >= 0.3 is 0 Å². The number of rotatable bonds is 4. The van der Waals surface area contributed by atoms with Crippen LogP contribution < -0.4 is 10.5 Å². The molecule has 0 N–H and O–H groups in total. The van der Waals surface area contributed by atoms with Crippen LogP contribution in [0.3, 0.4) is 0 Å². The molecule has 4 aromatic rings. The standard InChI is InChI=1S/C27H27F2N5O2/c1-15-11-32(14-25(36-15)18-10-30-34(12-18)20-5-6-20)21-9-23(22-7-4-19(28)8-24(22)29)26-31-17(3)16(2)27(35)33(26)13-21/h4,7-10,12-13,15,20,25H,5-6,11,14H2,1-3H3. The molecule has 3 aromatic heterocycles. The van der Waals surface area contributed by atoms with Gasteiger partial charge in [0.05, 0.1) is 24.0 Å². The van der Waals surface area contributed by atoms with Crippen molar-refractivity contribution in [3.63, 3.8) is 0 Å². The summed E-state index contributed by atoms with van der Waals surface area (Å²) in [4.78, 5) is 20.0. The van der Waals surface area contributed by atoms with Gasteiger partial charge in [-0.2, -0.15) is 5.10 Å². The van der Waals surface area contributed by atoms with Crippen molar-refractivity contribution >= 4 is 11.3 Å². The Morgan fingerprint density at radius 1 is 1.06 bits per heavy atom. The molecule has 1 aliphatic carbocycles. The summed E-state index contributed by atoms with van der Waals surface area (Å²) in [5.41, 5.74) is 3.59. The Hall–Kier alpha value is -3.59. The number of fused-ring (bicyclic) bond motifs is 1. The normalized spacial score (nSPS) is 20.3. The van der Waals surface area contributed by atoms with Crippen LogP contribution in [0.1, 0.15) is 48.7 Å². The Morgan fingerprint density at radius 3 is 2.61 bits per heavy atom. The summed E-state index contributed by atoms with van der Waals surface area (Å²) in [5, 5.41) is 4.51. The quantitative estimate of drug-likeness (QED) is 0.412. The van der Waals surface area contributed by atoms with Crippen molar-refractivity contribution in [3.8, 4) is 11.1 Å². The van der Waals surface area contributed by atoms with Crippen LogP contribution in [0.2, 0.25) is 0 Å². The van der Waals surface area contributed by atoms with Gasteiger partial charge in [-0.1, -0.05) is 0 Å². The minimum atomic E-state index is -0.706. The van der Waals surface area contributed by atoms with E-state index in [9.17, 15) is 13.6 Å². The van der Waals surface area contributed by atoms with Crippen molar-refractivity contribution < 1.29 is 13.5 Å². The first kappa shape index (κ1) is 22.8. The van der Waals surface area contributed by atoms with Gasteiger partial charge in [-0.25, -0.2) is 13.8 Å². The van der Waals surface area contributed by atoms with Gasteiger partial charge in [-0.3, -0.25) is 13.9 Å². The van der Waals surface area contributed by atoms with Crippen LogP contribution >= 0.6 is 0 Å². The second kappa shape index (κ2) is 8.51. The molecule has 0 spiro atoms. The number of ether oxygens (including phenoxy) is 1. The number of benzene rings is 1. The summed E-state index contributed by atoms with van der Waals surface area (Å²) < 4.78 is 38.4. The minimum Gasteiger partial charge on any atom is -0.367 e. The second-order valence-corrected chi connectivity index (χ2v) is 9.88. The van der Waals surface area contributed by atoms with Gasteiger partial charge < -0.3 is 9.64 Å². The van der Waals surface area contributed by atoms with Gasteiger partial charge in [-0.05, 0) is 51.8 Å². The topological polar surface area (TPSA) is 64.7 Å². The SMILES string of the molecule is Cc1nc2c(-c3ccc(F)cc3F)cc(N3CC(C)OC(c4cnn(C5CC5)c4)C3)cn2c(=O)c1C. The van der Waals surface area contributed by atoms with Crippen molar-refractivity contribution in [2.45, 2.75) is 51.9 Å². The van der Waals surface area contributed by atoms with Crippen molar-refractivity contribution in [1.29, 1.82) is 0 Å².